The van der Waals surface area contributed by atoms with Crippen LogP contribution in [-0.2, 0) is 11.2 Å². The van der Waals surface area contributed by atoms with E-state index in [-0.39, 0.29) is 16.3 Å². The summed E-state index contributed by atoms with van der Waals surface area (Å²) in [6.45, 7) is 1.89. The van der Waals surface area contributed by atoms with Crippen LogP contribution in [0.5, 0.6) is 0 Å². The van der Waals surface area contributed by atoms with Crippen LogP contribution < -0.4 is 5.32 Å². The lowest BCUT2D eigenvalue weighted by Crippen LogP contribution is -2.13. The van der Waals surface area contributed by atoms with Gasteiger partial charge in [0.2, 0.25) is 5.13 Å². The smallest absolute Gasteiger partial charge is 0.268 e. The van der Waals surface area contributed by atoms with Gasteiger partial charge in [0.05, 0.1) is 0 Å². The van der Waals surface area contributed by atoms with Crippen molar-refractivity contribution in [2.24, 2.45) is 0 Å². The number of halogens is 2. The standard InChI is InChI=1S/C14H10F2N4OS/c1-2-11-19-20-14(22-11)18-13(21)9(7-17)6-8-4-3-5-10(15)12(8)16/h3-6H,2H2,1H3,(H,18,20,21)/b9-6-. The quantitative estimate of drug-likeness (QED) is 0.694. The number of aromatic nitrogens is 2. The number of anilines is 1. The number of carbonyl (C=O) groups is 1. The number of nitrogens with one attached hydrogen (secondary N) is 1. The number of benzene rings is 1. The summed E-state index contributed by atoms with van der Waals surface area (Å²) < 4.78 is 26.7. The van der Waals surface area contributed by atoms with Crippen LogP contribution in [0, 0.1) is 23.0 Å². The minimum absolute atomic E-state index is 0.182. The molecule has 1 N–H and O–H groups in total. The van der Waals surface area contributed by atoms with Crippen LogP contribution in [0.25, 0.3) is 6.08 Å². The first-order valence-electron chi connectivity index (χ1n) is 6.24. The number of carbonyl (C=O) groups excluding carboxylic acids is 1. The third kappa shape index (κ3) is 3.51. The Balaban J connectivity index is 2.23. The molecule has 22 heavy (non-hydrogen) atoms. The molecular weight excluding hydrogens is 310 g/mol. The van der Waals surface area contributed by atoms with Crippen molar-refractivity contribution < 1.29 is 13.6 Å². The van der Waals surface area contributed by atoms with E-state index in [1.54, 1.807) is 6.07 Å². The van der Waals surface area contributed by atoms with E-state index in [2.05, 4.69) is 15.5 Å². The number of amides is 1. The van der Waals surface area contributed by atoms with Crippen molar-refractivity contribution in [3.63, 3.8) is 0 Å². The molecule has 2 rings (SSSR count). The van der Waals surface area contributed by atoms with E-state index >= 15 is 0 Å². The lowest BCUT2D eigenvalue weighted by molar-refractivity contribution is -0.112. The lowest BCUT2D eigenvalue weighted by Gasteiger charge is -2.01. The second kappa shape index (κ2) is 6.87. The van der Waals surface area contributed by atoms with Gasteiger partial charge in [0.1, 0.15) is 16.6 Å². The minimum atomic E-state index is -1.12. The third-order valence-electron chi connectivity index (χ3n) is 2.64. The van der Waals surface area contributed by atoms with E-state index in [1.165, 1.54) is 23.5 Å². The molecule has 1 heterocycles. The highest BCUT2D eigenvalue weighted by Gasteiger charge is 2.14. The number of nitrogens with zero attached hydrogens (tertiary/aromatic N) is 3. The van der Waals surface area contributed by atoms with Crippen LogP contribution in [0.15, 0.2) is 23.8 Å². The van der Waals surface area contributed by atoms with Crippen LogP contribution >= 0.6 is 11.3 Å². The van der Waals surface area contributed by atoms with E-state index in [1.807, 2.05) is 6.92 Å². The summed E-state index contributed by atoms with van der Waals surface area (Å²) in [5.74, 6) is -2.93. The van der Waals surface area contributed by atoms with Gasteiger partial charge in [-0.2, -0.15) is 5.26 Å². The summed E-state index contributed by atoms with van der Waals surface area (Å²) in [5.41, 5.74) is -0.545. The number of hydrogen-bond donors (Lipinski definition) is 1. The molecule has 8 heteroatoms. The number of hydrogen-bond acceptors (Lipinski definition) is 5. The monoisotopic (exact) mass is 320 g/mol. The first kappa shape index (κ1) is 15.7. The normalized spacial score (nSPS) is 11.1. The zero-order valence-electron chi connectivity index (χ0n) is 11.4. The summed E-state index contributed by atoms with van der Waals surface area (Å²) >= 11 is 1.18. The molecule has 2 aromatic rings. The molecule has 0 atom stereocenters. The Labute approximate surface area is 128 Å². The van der Waals surface area contributed by atoms with Crippen molar-refractivity contribution in [3.05, 3.63) is 46.0 Å². The molecule has 0 spiro atoms. The highest BCUT2D eigenvalue weighted by molar-refractivity contribution is 7.15. The molecule has 0 aliphatic rings. The van der Waals surface area contributed by atoms with E-state index in [0.717, 1.165) is 17.2 Å². The maximum Gasteiger partial charge on any atom is 0.268 e. The van der Waals surface area contributed by atoms with Gasteiger partial charge in [-0.05, 0) is 18.6 Å². The zero-order valence-corrected chi connectivity index (χ0v) is 12.2. The molecule has 0 bridgehead atoms. The summed E-state index contributed by atoms with van der Waals surface area (Å²) in [6.07, 6.45) is 1.65. The van der Waals surface area contributed by atoms with Crippen molar-refractivity contribution in [1.82, 2.24) is 10.2 Å². The summed E-state index contributed by atoms with van der Waals surface area (Å²) in [7, 11) is 0. The Hall–Kier alpha value is -2.66. The molecule has 0 saturated carbocycles. The van der Waals surface area contributed by atoms with Crippen molar-refractivity contribution in [2.75, 3.05) is 5.32 Å². The largest absolute Gasteiger partial charge is 0.296 e. The maximum atomic E-state index is 13.6. The molecule has 0 fully saturated rings. The topological polar surface area (TPSA) is 78.7 Å². The van der Waals surface area contributed by atoms with Gasteiger partial charge in [-0.1, -0.05) is 30.4 Å². The first-order chi connectivity index (χ1) is 10.5. The van der Waals surface area contributed by atoms with Crippen LogP contribution in [0.3, 0.4) is 0 Å². The van der Waals surface area contributed by atoms with E-state index in [0.29, 0.717) is 6.42 Å². The molecule has 1 aromatic heterocycles. The fourth-order valence-corrected chi connectivity index (χ4v) is 2.22. The van der Waals surface area contributed by atoms with Gasteiger partial charge in [0.15, 0.2) is 11.6 Å². The third-order valence-corrected chi connectivity index (χ3v) is 3.62. The number of aryl methyl sites for hydroxylation is 1. The average Bonchev–Trinajstić information content (AvgIpc) is 2.96. The Kier molecular flexibility index (Phi) is 4.91. The molecule has 0 aliphatic heterocycles. The molecule has 0 saturated heterocycles. The molecule has 0 aliphatic carbocycles. The minimum Gasteiger partial charge on any atom is -0.296 e. The van der Waals surface area contributed by atoms with Crippen molar-refractivity contribution in [1.29, 1.82) is 5.26 Å². The fourth-order valence-electron chi connectivity index (χ4n) is 1.55. The van der Waals surface area contributed by atoms with Crippen molar-refractivity contribution >= 4 is 28.5 Å². The van der Waals surface area contributed by atoms with E-state index < -0.39 is 17.5 Å². The van der Waals surface area contributed by atoms with Gasteiger partial charge in [-0.3, -0.25) is 10.1 Å². The number of nitriles is 1. The van der Waals surface area contributed by atoms with Crippen LogP contribution in [0.2, 0.25) is 0 Å². The second-order valence-corrected chi connectivity index (χ2v) is 5.18. The maximum absolute atomic E-state index is 13.6. The molecule has 1 aromatic carbocycles. The van der Waals surface area contributed by atoms with Gasteiger partial charge < -0.3 is 0 Å². The van der Waals surface area contributed by atoms with Gasteiger partial charge in [-0.15, -0.1) is 10.2 Å². The van der Waals surface area contributed by atoms with E-state index in [4.69, 9.17) is 5.26 Å². The first-order valence-corrected chi connectivity index (χ1v) is 7.06. The summed E-state index contributed by atoms with van der Waals surface area (Å²) in [6, 6.07) is 5.16. The van der Waals surface area contributed by atoms with Crippen LogP contribution in [0.1, 0.15) is 17.5 Å². The van der Waals surface area contributed by atoms with Crippen molar-refractivity contribution in [2.45, 2.75) is 13.3 Å². The Bertz CT molecular complexity index is 779. The van der Waals surface area contributed by atoms with Crippen LogP contribution in [-0.4, -0.2) is 16.1 Å². The molecule has 0 unspecified atom stereocenters. The van der Waals surface area contributed by atoms with Gasteiger partial charge in [0, 0.05) is 5.56 Å². The molecule has 0 radical (unpaired) electrons. The zero-order chi connectivity index (χ0) is 16.1. The lowest BCUT2D eigenvalue weighted by atomic mass is 10.1. The van der Waals surface area contributed by atoms with Gasteiger partial charge in [-0.25, -0.2) is 8.78 Å². The van der Waals surface area contributed by atoms with Gasteiger partial charge >= 0.3 is 0 Å². The summed E-state index contributed by atoms with van der Waals surface area (Å²) in [5, 5.41) is 20.0. The predicted molar refractivity (Wildman–Crippen MR) is 77.9 cm³/mol. The van der Waals surface area contributed by atoms with E-state index in [9.17, 15) is 13.6 Å². The molecule has 112 valence electrons. The highest BCUT2D eigenvalue weighted by atomic mass is 32.1. The fraction of sp³-hybridized carbons (Fsp3) is 0.143. The average molecular weight is 320 g/mol. The Morgan fingerprint density at radius 3 is 2.86 bits per heavy atom. The van der Waals surface area contributed by atoms with Crippen molar-refractivity contribution in [3.8, 4) is 6.07 Å². The van der Waals surface area contributed by atoms with Crippen LogP contribution in [0.4, 0.5) is 13.9 Å². The second-order valence-electron chi connectivity index (χ2n) is 4.12. The van der Waals surface area contributed by atoms with Gasteiger partial charge in [0.25, 0.3) is 5.91 Å². The predicted octanol–water partition coefficient (Wildman–Crippen LogP) is 2.92. The molecule has 1 amide bonds. The molecule has 5 nitrogen and oxygen atoms in total. The molecular formula is C14H10F2N4OS. The highest BCUT2D eigenvalue weighted by Crippen LogP contribution is 2.18. The summed E-state index contributed by atoms with van der Waals surface area (Å²) in [4.78, 5) is 12.0. The SMILES string of the molecule is CCc1nnc(NC(=O)/C(C#N)=C\c2cccc(F)c2F)s1. The Morgan fingerprint density at radius 1 is 1.45 bits per heavy atom. The Morgan fingerprint density at radius 2 is 2.23 bits per heavy atom. The number of rotatable bonds is 4.